The molecule has 112 valence electrons. The molecule has 0 saturated heterocycles. The summed E-state index contributed by atoms with van der Waals surface area (Å²) < 4.78 is 57.9. The third-order valence-electron chi connectivity index (χ3n) is 2.81. The van der Waals surface area contributed by atoms with Crippen LogP contribution in [0, 0.1) is 12.7 Å². The van der Waals surface area contributed by atoms with E-state index in [0.717, 1.165) is 12.1 Å². The van der Waals surface area contributed by atoms with Crippen molar-refractivity contribution in [1.82, 2.24) is 0 Å². The largest absolute Gasteiger partial charge is 0.454 e. The highest BCUT2D eigenvalue weighted by Gasteiger charge is 2.35. The van der Waals surface area contributed by atoms with E-state index >= 15 is 0 Å². The van der Waals surface area contributed by atoms with Crippen molar-refractivity contribution in [2.75, 3.05) is 0 Å². The van der Waals surface area contributed by atoms with Gasteiger partial charge in [-0.05, 0) is 42.3 Å². The Labute approximate surface area is 127 Å². The molecule has 6 heteroatoms. The molecule has 0 radical (unpaired) electrons. The maximum absolute atomic E-state index is 13.6. The molecule has 0 aliphatic rings. The Hall–Kier alpha value is -1.56. The molecule has 0 unspecified atom stereocenters. The highest BCUT2D eigenvalue weighted by atomic mass is 79.9. The van der Waals surface area contributed by atoms with Gasteiger partial charge in [-0.3, -0.25) is 0 Å². The van der Waals surface area contributed by atoms with Gasteiger partial charge in [-0.2, -0.15) is 13.2 Å². The van der Waals surface area contributed by atoms with Gasteiger partial charge in [-0.15, -0.1) is 0 Å². The maximum atomic E-state index is 13.6. The van der Waals surface area contributed by atoms with E-state index in [9.17, 15) is 17.6 Å². The van der Waals surface area contributed by atoms with E-state index in [1.807, 2.05) is 0 Å². The number of aryl methyl sites for hydroxylation is 1. The highest BCUT2D eigenvalue weighted by molar-refractivity contribution is 9.08. The molecule has 0 amide bonds. The monoisotopic (exact) mass is 362 g/mol. The number of rotatable bonds is 3. The Morgan fingerprint density at radius 1 is 1.05 bits per heavy atom. The van der Waals surface area contributed by atoms with Crippen molar-refractivity contribution in [1.29, 1.82) is 0 Å². The average molecular weight is 363 g/mol. The second kappa shape index (κ2) is 6.05. The van der Waals surface area contributed by atoms with Gasteiger partial charge in [0.05, 0.1) is 5.56 Å². The van der Waals surface area contributed by atoms with Crippen LogP contribution in [0.15, 0.2) is 36.4 Å². The van der Waals surface area contributed by atoms with Gasteiger partial charge < -0.3 is 4.74 Å². The Kier molecular flexibility index (Phi) is 4.56. The van der Waals surface area contributed by atoms with Crippen LogP contribution in [0.5, 0.6) is 11.5 Å². The summed E-state index contributed by atoms with van der Waals surface area (Å²) in [5.74, 6) is -1.36. The van der Waals surface area contributed by atoms with Crippen LogP contribution >= 0.6 is 15.9 Å². The number of halogens is 5. The normalized spacial score (nSPS) is 11.5. The number of benzene rings is 2. The second-order valence-electron chi connectivity index (χ2n) is 4.50. The minimum atomic E-state index is -4.58. The molecule has 1 nitrogen and oxygen atoms in total. The van der Waals surface area contributed by atoms with Crippen LogP contribution in [-0.2, 0) is 11.5 Å². The first-order valence-corrected chi connectivity index (χ1v) is 7.13. The zero-order valence-electron chi connectivity index (χ0n) is 11.0. The molecule has 2 aromatic rings. The van der Waals surface area contributed by atoms with E-state index in [4.69, 9.17) is 4.74 Å². The minimum absolute atomic E-state index is 0.230. The first kappa shape index (κ1) is 15.8. The summed E-state index contributed by atoms with van der Waals surface area (Å²) >= 11 is 3.10. The smallest absolute Gasteiger partial charge is 0.419 e. The molecule has 0 heterocycles. The zero-order valence-corrected chi connectivity index (χ0v) is 12.6. The molecule has 0 N–H and O–H groups in total. The van der Waals surface area contributed by atoms with Crippen molar-refractivity contribution in [3.05, 3.63) is 58.9 Å². The lowest BCUT2D eigenvalue weighted by atomic mass is 10.1. The molecule has 21 heavy (non-hydrogen) atoms. The molecule has 0 spiro atoms. The fourth-order valence-corrected chi connectivity index (χ4v) is 2.13. The van der Waals surface area contributed by atoms with Gasteiger partial charge in [0.1, 0.15) is 5.75 Å². The first-order chi connectivity index (χ1) is 9.81. The van der Waals surface area contributed by atoms with Crippen molar-refractivity contribution < 1.29 is 22.3 Å². The summed E-state index contributed by atoms with van der Waals surface area (Å²) in [5.41, 5.74) is 0.219. The van der Waals surface area contributed by atoms with Gasteiger partial charge in [0.25, 0.3) is 0 Å². The second-order valence-corrected chi connectivity index (χ2v) is 5.06. The van der Waals surface area contributed by atoms with E-state index in [1.165, 1.54) is 24.3 Å². The fraction of sp³-hybridized carbons (Fsp3) is 0.200. The van der Waals surface area contributed by atoms with Crippen LogP contribution in [0.25, 0.3) is 0 Å². The molecule has 0 aliphatic heterocycles. The molecule has 0 fully saturated rings. The molecule has 0 aliphatic carbocycles. The van der Waals surface area contributed by atoms with Crippen LogP contribution < -0.4 is 4.74 Å². The lowest BCUT2D eigenvalue weighted by Gasteiger charge is -2.15. The number of hydrogen-bond donors (Lipinski definition) is 0. The molecule has 0 aromatic heterocycles. The third-order valence-corrected chi connectivity index (χ3v) is 3.46. The quantitative estimate of drug-likeness (QED) is 0.492. The molecular weight excluding hydrogens is 352 g/mol. The summed E-state index contributed by atoms with van der Waals surface area (Å²) in [6.07, 6.45) is -4.58. The Balaban J connectivity index is 2.46. The third kappa shape index (κ3) is 3.75. The number of alkyl halides is 4. The van der Waals surface area contributed by atoms with Gasteiger partial charge >= 0.3 is 6.18 Å². The molecule has 0 bridgehead atoms. The molecular formula is C15H11BrF4O. The van der Waals surface area contributed by atoms with Crippen LogP contribution in [0.4, 0.5) is 17.6 Å². The Bertz CT molecular complexity index is 653. The standard InChI is InChI=1S/C15H11BrF4O/c1-9-2-4-12(17)14(6-9)21-13-5-3-10(8-16)7-11(13)15(18,19)20/h2-7H,8H2,1H3. The van der Waals surface area contributed by atoms with Crippen LogP contribution in [0.3, 0.4) is 0 Å². The predicted octanol–water partition coefficient (Wildman–Crippen LogP) is 5.84. The first-order valence-electron chi connectivity index (χ1n) is 6.01. The lowest BCUT2D eigenvalue weighted by Crippen LogP contribution is -2.08. The van der Waals surface area contributed by atoms with Crippen molar-refractivity contribution in [3.63, 3.8) is 0 Å². The average Bonchev–Trinajstić information content (AvgIpc) is 2.42. The predicted molar refractivity (Wildman–Crippen MR) is 75.3 cm³/mol. The van der Waals surface area contributed by atoms with Crippen molar-refractivity contribution in [2.24, 2.45) is 0 Å². The van der Waals surface area contributed by atoms with Gasteiger partial charge in [0, 0.05) is 5.33 Å². The number of hydrogen-bond acceptors (Lipinski definition) is 1. The van der Waals surface area contributed by atoms with Crippen molar-refractivity contribution in [2.45, 2.75) is 18.4 Å². The van der Waals surface area contributed by atoms with E-state index in [2.05, 4.69) is 15.9 Å². The van der Waals surface area contributed by atoms with Crippen LogP contribution in [0.1, 0.15) is 16.7 Å². The van der Waals surface area contributed by atoms with E-state index in [0.29, 0.717) is 11.1 Å². The van der Waals surface area contributed by atoms with E-state index in [1.54, 1.807) is 6.92 Å². The lowest BCUT2D eigenvalue weighted by molar-refractivity contribution is -0.138. The molecule has 0 saturated carbocycles. The van der Waals surface area contributed by atoms with Gasteiger partial charge in [0.15, 0.2) is 11.6 Å². The Morgan fingerprint density at radius 2 is 1.76 bits per heavy atom. The SMILES string of the molecule is Cc1ccc(F)c(Oc2ccc(CBr)cc2C(F)(F)F)c1. The Morgan fingerprint density at radius 3 is 2.38 bits per heavy atom. The summed E-state index contributed by atoms with van der Waals surface area (Å²) in [5, 5.41) is 0.287. The van der Waals surface area contributed by atoms with Crippen LogP contribution in [-0.4, -0.2) is 0 Å². The zero-order chi connectivity index (χ0) is 15.6. The molecule has 2 rings (SSSR count). The molecule has 2 aromatic carbocycles. The van der Waals surface area contributed by atoms with E-state index in [-0.39, 0.29) is 11.1 Å². The summed E-state index contributed by atoms with van der Waals surface area (Å²) in [4.78, 5) is 0. The minimum Gasteiger partial charge on any atom is -0.454 e. The van der Waals surface area contributed by atoms with Crippen molar-refractivity contribution in [3.8, 4) is 11.5 Å². The summed E-state index contributed by atoms with van der Waals surface area (Å²) in [7, 11) is 0. The van der Waals surface area contributed by atoms with Gasteiger partial charge in [0.2, 0.25) is 0 Å². The topological polar surface area (TPSA) is 9.23 Å². The maximum Gasteiger partial charge on any atom is 0.419 e. The van der Waals surface area contributed by atoms with Gasteiger partial charge in [-0.25, -0.2) is 4.39 Å². The highest BCUT2D eigenvalue weighted by Crippen LogP contribution is 2.39. The molecule has 0 atom stereocenters. The summed E-state index contributed by atoms with van der Waals surface area (Å²) in [6.45, 7) is 1.70. The van der Waals surface area contributed by atoms with Crippen molar-refractivity contribution >= 4 is 15.9 Å². The van der Waals surface area contributed by atoms with E-state index < -0.39 is 23.3 Å². The number of ether oxygens (including phenoxy) is 1. The fourth-order valence-electron chi connectivity index (χ4n) is 1.78. The summed E-state index contributed by atoms with van der Waals surface area (Å²) in [6, 6.07) is 7.70. The van der Waals surface area contributed by atoms with Gasteiger partial charge in [-0.1, -0.05) is 28.1 Å². The van der Waals surface area contributed by atoms with Crippen LogP contribution in [0.2, 0.25) is 0 Å².